The zero-order chi connectivity index (χ0) is 13.1. The van der Waals surface area contributed by atoms with Gasteiger partial charge in [-0.05, 0) is 18.2 Å². The summed E-state index contributed by atoms with van der Waals surface area (Å²) in [6, 6.07) is 3.28. The second-order valence-electron chi connectivity index (χ2n) is 3.40. The summed E-state index contributed by atoms with van der Waals surface area (Å²) in [6.45, 7) is 0. The van der Waals surface area contributed by atoms with Gasteiger partial charge >= 0.3 is 0 Å². The molecule has 1 aromatic carbocycles. The minimum atomic E-state index is -3.42. The molecular weight excluding hydrogens is 313 g/mol. The van der Waals surface area contributed by atoms with Crippen LogP contribution in [0.15, 0.2) is 23.1 Å². The van der Waals surface area contributed by atoms with E-state index in [1.54, 1.807) is 0 Å². The molecule has 0 aliphatic rings. The van der Waals surface area contributed by atoms with Crippen molar-refractivity contribution in [3.8, 4) is 0 Å². The highest BCUT2D eigenvalue weighted by Gasteiger charge is 2.12. The Kier molecular flexibility index (Phi) is 4.64. The first-order chi connectivity index (χ1) is 7.84. The molecule has 0 fully saturated rings. The van der Waals surface area contributed by atoms with Crippen molar-refractivity contribution in [2.45, 2.75) is 11.3 Å². The third kappa shape index (κ3) is 4.08. The molecule has 0 heterocycles. The summed E-state index contributed by atoms with van der Waals surface area (Å²) in [6.07, 6.45) is 1.20. The van der Waals surface area contributed by atoms with Gasteiger partial charge in [-0.25, -0.2) is 12.8 Å². The lowest BCUT2D eigenvalue weighted by molar-refractivity contribution is -0.115. The van der Waals surface area contributed by atoms with Crippen LogP contribution in [0.25, 0.3) is 0 Å². The topological polar surface area (TPSA) is 63.2 Å². The van der Waals surface area contributed by atoms with Gasteiger partial charge in [0.05, 0.1) is 10.6 Å². The summed E-state index contributed by atoms with van der Waals surface area (Å²) in [7, 11) is -3.42. The molecule has 0 aromatic heterocycles. The summed E-state index contributed by atoms with van der Waals surface area (Å²) in [5.74, 6) is -1.05. The molecule has 0 radical (unpaired) electrons. The number of sulfone groups is 1. The molecule has 0 bridgehead atoms. The highest BCUT2D eigenvalue weighted by molar-refractivity contribution is 9.09. The van der Waals surface area contributed by atoms with Crippen LogP contribution in [0.3, 0.4) is 0 Å². The fourth-order valence-electron chi connectivity index (χ4n) is 1.13. The van der Waals surface area contributed by atoms with Gasteiger partial charge in [0.1, 0.15) is 5.82 Å². The van der Waals surface area contributed by atoms with Crippen LogP contribution in [0.4, 0.5) is 10.1 Å². The molecular formula is C10H11BrFNO3S. The first-order valence-corrected chi connectivity index (χ1v) is 7.71. The Bertz CT molecular complexity index is 530. The van der Waals surface area contributed by atoms with E-state index in [1.165, 1.54) is 0 Å². The van der Waals surface area contributed by atoms with E-state index >= 15 is 0 Å². The molecule has 0 atom stereocenters. The molecule has 4 nitrogen and oxygen atoms in total. The third-order valence-corrected chi connectivity index (χ3v) is 3.47. The van der Waals surface area contributed by atoms with Crippen LogP contribution in [0.2, 0.25) is 0 Å². The van der Waals surface area contributed by atoms with Crippen LogP contribution in [0.5, 0.6) is 0 Å². The summed E-state index contributed by atoms with van der Waals surface area (Å²) in [5.41, 5.74) is -0.126. The van der Waals surface area contributed by atoms with Crippen LogP contribution in [-0.4, -0.2) is 25.9 Å². The van der Waals surface area contributed by atoms with Gasteiger partial charge in [-0.3, -0.25) is 4.79 Å². The van der Waals surface area contributed by atoms with Gasteiger partial charge in [0, 0.05) is 18.0 Å². The van der Waals surface area contributed by atoms with Crippen molar-refractivity contribution in [3.63, 3.8) is 0 Å². The molecule has 1 amide bonds. The van der Waals surface area contributed by atoms with Gasteiger partial charge in [0.25, 0.3) is 0 Å². The number of halogens is 2. The quantitative estimate of drug-likeness (QED) is 0.680. The van der Waals surface area contributed by atoms with Crippen LogP contribution in [0, 0.1) is 5.82 Å². The maximum absolute atomic E-state index is 13.3. The van der Waals surface area contributed by atoms with Crippen molar-refractivity contribution in [2.75, 3.05) is 16.9 Å². The van der Waals surface area contributed by atoms with Crippen LogP contribution in [0.1, 0.15) is 6.42 Å². The number of amides is 1. The number of carbonyl (C=O) groups is 1. The number of anilines is 1. The molecule has 0 saturated heterocycles. The van der Waals surface area contributed by atoms with E-state index in [0.717, 1.165) is 24.5 Å². The molecule has 94 valence electrons. The highest BCUT2D eigenvalue weighted by Crippen LogP contribution is 2.19. The summed E-state index contributed by atoms with van der Waals surface area (Å²) in [4.78, 5) is 11.2. The van der Waals surface area contributed by atoms with E-state index in [9.17, 15) is 17.6 Å². The molecule has 1 aromatic rings. The molecule has 0 saturated carbocycles. The number of hydrogen-bond donors (Lipinski definition) is 1. The minimum Gasteiger partial charge on any atom is -0.324 e. The molecule has 0 unspecified atom stereocenters. The van der Waals surface area contributed by atoms with E-state index in [-0.39, 0.29) is 22.9 Å². The number of carbonyl (C=O) groups excluding carboxylic acids is 1. The SMILES string of the molecule is CS(=O)(=O)c1ccc(F)c(NC(=O)CCBr)c1. The van der Waals surface area contributed by atoms with E-state index in [4.69, 9.17) is 0 Å². The molecule has 17 heavy (non-hydrogen) atoms. The molecule has 1 rings (SSSR count). The van der Waals surface area contributed by atoms with Crippen molar-refractivity contribution in [2.24, 2.45) is 0 Å². The Morgan fingerprint density at radius 1 is 1.47 bits per heavy atom. The van der Waals surface area contributed by atoms with Crippen LogP contribution >= 0.6 is 15.9 Å². The van der Waals surface area contributed by atoms with Crippen molar-refractivity contribution in [1.29, 1.82) is 0 Å². The van der Waals surface area contributed by atoms with Gasteiger partial charge < -0.3 is 5.32 Å². The van der Waals surface area contributed by atoms with E-state index in [2.05, 4.69) is 21.2 Å². The highest BCUT2D eigenvalue weighted by atomic mass is 79.9. The average molecular weight is 324 g/mol. The summed E-state index contributed by atoms with van der Waals surface area (Å²) < 4.78 is 35.9. The first-order valence-electron chi connectivity index (χ1n) is 4.70. The van der Waals surface area contributed by atoms with Gasteiger partial charge in [-0.1, -0.05) is 15.9 Å². The van der Waals surface area contributed by atoms with Crippen LogP contribution in [-0.2, 0) is 14.6 Å². The number of rotatable bonds is 4. The Balaban J connectivity index is 3.03. The van der Waals surface area contributed by atoms with E-state index < -0.39 is 15.7 Å². The van der Waals surface area contributed by atoms with Gasteiger partial charge in [-0.2, -0.15) is 0 Å². The smallest absolute Gasteiger partial charge is 0.225 e. The predicted molar refractivity (Wildman–Crippen MR) is 66.6 cm³/mol. The summed E-state index contributed by atoms with van der Waals surface area (Å²) >= 11 is 3.08. The standard InChI is InChI=1S/C10H11BrFNO3S/c1-17(15,16)7-2-3-8(12)9(6-7)13-10(14)4-5-11/h2-3,6H,4-5H2,1H3,(H,13,14). The Hall–Kier alpha value is -0.950. The zero-order valence-electron chi connectivity index (χ0n) is 9.04. The Morgan fingerprint density at radius 3 is 2.65 bits per heavy atom. The zero-order valence-corrected chi connectivity index (χ0v) is 11.4. The molecule has 0 aliphatic carbocycles. The van der Waals surface area contributed by atoms with Crippen molar-refractivity contribution in [3.05, 3.63) is 24.0 Å². The largest absolute Gasteiger partial charge is 0.324 e. The molecule has 0 spiro atoms. The second-order valence-corrected chi connectivity index (χ2v) is 6.21. The van der Waals surface area contributed by atoms with Crippen molar-refractivity contribution in [1.82, 2.24) is 0 Å². The maximum atomic E-state index is 13.3. The lowest BCUT2D eigenvalue weighted by Crippen LogP contribution is -2.13. The number of alkyl halides is 1. The van der Waals surface area contributed by atoms with Gasteiger partial charge in [0.15, 0.2) is 9.84 Å². The third-order valence-electron chi connectivity index (χ3n) is 1.96. The van der Waals surface area contributed by atoms with E-state index in [0.29, 0.717) is 5.33 Å². The number of hydrogen-bond acceptors (Lipinski definition) is 3. The monoisotopic (exact) mass is 323 g/mol. The van der Waals surface area contributed by atoms with Gasteiger partial charge in [0.2, 0.25) is 5.91 Å². The van der Waals surface area contributed by atoms with Crippen molar-refractivity contribution < 1.29 is 17.6 Å². The average Bonchev–Trinajstić information content (AvgIpc) is 2.20. The van der Waals surface area contributed by atoms with Crippen LogP contribution < -0.4 is 5.32 Å². The molecule has 0 aliphatic heterocycles. The molecule has 7 heteroatoms. The molecule has 1 N–H and O–H groups in total. The maximum Gasteiger partial charge on any atom is 0.225 e. The minimum absolute atomic E-state index is 0.0342. The Labute approximate surface area is 107 Å². The number of benzene rings is 1. The predicted octanol–water partition coefficient (Wildman–Crippen LogP) is 1.95. The fraction of sp³-hybridized carbons (Fsp3) is 0.300. The fourth-order valence-corrected chi connectivity index (χ4v) is 2.14. The lowest BCUT2D eigenvalue weighted by Gasteiger charge is -2.07. The van der Waals surface area contributed by atoms with Gasteiger partial charge in [-0.15, -0.1) is 0 Å². The first kappa shape index (κ1) is 14.1. The Morgan fingerprint density at radius 2 is 2.12 bits per heavy atom. The second kappa shape index (κ2) is 5.59. The lowest BCUT2D eigenvalue weighted by atomic mass is 10.3. The normalized spacial score (nSPS) is 11.2. The van der Waals surface area contributed by atoms with E-state index in [1.807, 2.05) is 0 Å². The number of nitrogens with one attached hydrogen (secondary N) is 1. The van der Waals surface area contributed by atoms with Crippen molar-refractivity contribution >= 4 is 37.4 Å². The summed E-state index contributed by atoms with van der Waals surface area (Å²) in [5, 5.41) is 2.77.